The van der Waals surface area contributed by atoms with Gasteiger partial charge < -0.3 is 5.32 Å². The first-order valence-corrected chi connectivity index (χ1v) is 13.0. The number of amides is 1. The molecule has 1 heterocycles. The highest BCUT2D eigenvalue weighted by Crippen LogP contribution is 2.36. The monoisotopic (exact) mass is 515 g/mol. The number of aromatic nitrogens is 2. The number of fused-ring (bicyclic) bond motifs is 1. The fourth-order valence-corrected chi connectivity index (χ4v) is 5.07. The minimum Gasteiger partial charge on any atom is -0.344 e. The summed E-state index contributed by atoms with van der Waals surface area (Å²) >= 11 is 12.7. The van der Waals surface area contributed by atoms with Crippen LogP contribution in [0.4, 0.5) is 0 Å². The third kappa shape index (κ3) is 5.11. The van der Waals surface area contributed by atoms with E-state index in [-0.39, 0.29) is 11.9 Å². The lowest BCUT2D eigenvalue weighted by Gasteiger charge is -2.14. The van der Waals surface area contributed by atoms with Gasteiger partial charge in [0.2, 0.25) is 0 Å². The third-order valence-electron chi connectivity index (χ3n) is 6.56. The molecule has 5 rings (SSSR count). The van der Waals surface area contributed by atoms with Gasteiger partial charge in [0.1, 0.15) is 0 Å². The molecule has 0 saturated carbocycles. The SMILES string of the molecule is C[C@@H](NC(=O)c1nn(-c2ccccc2Cl)c2c1CCCC/C2=C\c1ccc(Cl)cc1)c1ccccc1. The number of benzene rings is 3. The molecule has 0 spiro atoms. The molecule has 1 atom stereocenters. The molecule has 1 amide bonds. The molecule has 4 aromatic rings. The van der Waals surface area contributed by atoms with Gasteiger partial charge in [-0.05, 0) is 79.6 Å². The smallest absolute Gasteiger partial charge is 0.272 e. The van der Waals surface area contributed by atoms with E-state index in [2.05, 4.69) is 11.4 Å². The van der Waals surface area contributed by atoms with Crippen LogP contribution >= 0.6 is 23.2 Å². The van der Waals surface area contributed by atoms with Crippen molar-refractivity contribution in [3.05, 3.63) is 117 Å². The summed E-state index contributed by atoms with van der Waals surface area (Å²) in [7, 11) is 0. The second-order valence-corrected chi connectivity index (χ2v) is 9.92. The van der Waals surface area contributed by atoms with Crippen molar-refractivity contribution >= 4 is 40.8 Å². The predicted octanol–water partition coefficient (Wildman–Crippen LogP) is 7.94. The highest BCUT2D eigenvalue weighted by Gasteiger charge is 2.28. The number of hydrogen-bond acceptors (Lipinski definition) is 2. The van der Waals surface area contributed by atoms with Crippen LogP contribution in [0, 0.1) is 0 Å². The standard InChI is InChI=1S/C30H27Cl2N3O/c1-20(22-9-3-2-4-10-22)33-30(36)28-25-12-6-5-11-23(19-21-15-17-24(31)18-16-21)29(25)35(34-28)27-14-8-7-13-26(27)32/h2-4,7-10,13-20H,5-6,11-12H2,1H3,(H,33,36)/b23-19+/t20-/m1/s1. The molecule has 182 valence electrons. The molecular formula is C30H27Cl2N3O. The Bertz CT molecular complexity index is 1410. The quantitative estimate of drug-likeness (QED) is 0.274. The highest BCUT2D eigenvalue weighted by molar-refractivity contribution is 6.32. The van der Waals surface area contributed by atoms with Gasteiger partial charge in [0.25, 0.3) is 5.91 Å². The normalized spacial score (nSPS) is 15.2. The number of hydrogen-bond donors (Lipinski definition) is 1. The van der Waals surface area contributed by atoms with Gasteiger partial charge in [0, 0.05) is 10.6 Å². The number of rotatable bonds is 5. The Labute approximate surface area is 221 Å². The zero-order valence-corrected chi connectivity index (χ0v) is 21.6. The molecule has 1 aliphatic rings. The average Bonchev–Trinajstić information content (AvgIpc) is 3.15. The first kappa shape index (κ1) is 24.4. The van der Waals surface area contributed by atoms with Crippen molar-refractivity contribution in [1.82, 2.24) is 15.1 Å². The van der Waals surface area contributed by atoms with Gasteiger partial charge in [-0.15, -0.1) is 0 Å². The summed E-state index contributed by atoms with van der Waals surface area (Å²) in [4.78, 5) is 13.6. The van der Waals surface area contributed by atoms with Gasteiger partial charge in [-0.3, -0.25) is 4.79 Å². The molecule has 0 aliphatic heterocycles. The molecule has 0 radical (unpaired) electrons. The minimum atomic E-state index is -0.179. The molecule has 4 nitrogen and oxygen atoms in total. The molecule has 1 aromatic heterocycles. The maximum atomic E-state index is 13.6. The van der Waals surface area contributed by atoms with Gasteiger partial charge in [-0.25, -0.2) is 4.68 Å². The molecule has 36 heavy (non-hydrogen) atoms. The lowest BCUT2D eigenvalue weighted by molar-refractivity contribution is 0.0933. The van der Waals surface area contributed by atoms with Crippen LogP contribution in [0.1, 0.15) is 65.1 Å². The Morgan fingerprint density at radius 2 is 1.64 bits per heavy atom. The van der Waals surface area contributed by atoms with E-state index in [1.54, 1.807) is 0 Å². The highest BCUT2D eigenvalue weighted by atomic mass is 35.5. The van der Waals surface area contributed by atoms with Crippen LogP contribution in [-0.2, 0) is 6.42 Å². The number of nitrogens with zero attached hydrogens (tertiary/aromatic N) is 2. The van der Waals surface area contributed by atoms with Crippen molar-refractivity contribution in [2.24, 2.45) is 0 Å². The van der Waals surface area contributed by atoms with Crippen LogP contribution in [0.25, 0.3) is 17.3 Å². The Kier molecular flexibility index (Phi) is 7.26. The van der Waals surface area contributed by atoms with E-state index in [1.165, 1.54) is 0 Å². The second-order valence-electron chi connectivity index (χ2n) is 9.07. The van der Waals surface area contributed by atoms with Crippen molar-refractivity contribution in [3.8, 4) is 5.69 Å². The Balaban J connectivity index is 1.63. The van der Waals surface area contributed by atoms with Crippen molar-refractivity contribution < 1.29 is 4.79 Å². The maximum Gasteiger partial charge on any atom is 0.272 e. The minimum absolute atomic E-state index is 0.144. The zero-order valence-electron chi connectivity index (χ0n) is 20.0. The number of carbonyl (C=O) groups excluding carboxylic acids is 1. The van der Waals surface area contributed by atoms with E-state index in [4.69, 9.17) is 28.3 Å². The molecule has 0 saturated heterocycles. The van der Waals surface area contributed by atoms with Gasteiger partial charge >= 0.3 is 0 Å². The molecule has 3 aromatic carbocycles. The first-order valence-electron chi connectivity index (χ1n) is 12.2. The van der Waals surface area contributed by atoms with E-state index < -0.39 is 0 Å². The van der Waals surface area contributed by atoms with E-state index in [0.717, 1.165) is 59.3 Å². The number of carbonyl (C=O) groups is 1. The van der Waals surface area contributed by atoms with Crippen molar-refractivity contribution in [1.29, 1.82) is 0 Å². The van der Waals surface area contributed by atoms with Crippen LogP contribution in [-0.4, -0.2) is 15.7 Å². The summed E-state index contributed by atoms with van der Waals surface area (Å²) in [6, 6.07) is 25.2. The largest absolute Gasteiger partial charge is 0.344 e. The summed E-state index contributed by atoms with van der Waals surface area (Å²) in [5.41, 5.74) is 6.36. The van der Waals surface area contributed by atoms with Crippen LogP contribution < -0.4 is 5.32 Å². The van der Waals surface area contributed by atoms with E-state index in [1.807, 2.05) is 90.5 Å². The third-order valence-corrected chi connectivity index (χ3v) is 7.14. The summed E-state index contributed by atoms with van der Waals surface area (Å²) in [5.74, 6) is -0.179. The first-order chi connectivity index (χ1) is 17.5. The van der Waals surface area contributed by atoms with Crippen molar-refractivity contribution in [3.63, 3.8) is 0 Å². The van der Waals surface area contributed by atoms with Crippen LogP contribution in [0.3, 0.4) is 0 Å². The fraction of sp³-hybridized carbons (Fsp3) is 0.200. The van der Waals surface area contributed by atoms with Gasteiger partial charge in [0.05, 0.1) is 22.4 Å². The maximum absolute atomic E-state index is 13.6. The molecule has 0 bridgehead atoms. The number of nitrogens with one attached hydrogen (secondary N) is 1. The lowest BCUT2D eigenvalue weighted by Crippen LogP contribution is -2.28. The van der Waals surface area contributed by atoms with Crippen molar-refractivity contribution in [2.75, 3.05) is 0 Å². The lowest BCUT2D eigenvalue weighted by atomic mass is 10.0. The van der Waals surface area contributed by atoms with Crippen LogP contribution in [0.5, 0.6) is 0 Å². The Morgan fingerprint density at radius 3 is 2.39 bits per heavy atom. The number of allylic oxidation sites excluding steroid dienone is 1. The number of para-hydroxylation sites is 1. The summed E-state index contributed by atoms with van der Waals surface area (Å²) < 4.78 is 1.85. The molecule has 0 unspecified atom stereocenters. The van der Waals surface area contributed by atoms with E-state index >= 15 is 0 Å². The fourth-order valence-electron chi connectivity index (χ4n) is 4.72. The zero-order chi connectivity index (χ0) is 25.1. The molecule has 6 heteroatoms. The molecule has 1 N–H and O–H groups in total. The van der Waals surface area contributed by atoms with E-state index in [0.29, 0.717) is 15.7 Å². The molecule has 1 aliphatic carbocycles. The Morgan fingerprint density at radius 1 is 0.944 bits per heavy atom. The number of halogens is 2. The average molecular weight is 516 g/mol. The van der Waals surface area contributed by atoms with E-state index in [9.17, 15) is 4.79 Å². The van der Waals surface area contributed by atoms with Gasteiger partial charge in [-0.1, -0.05) is 77.8 Å². The summed E-state index contributed by atoms with van der Waals surface area (Å²) in [6.07, 6.45) is 5.84. The predicted molar refractivity (Wildman–Crippen MR) is 148 cm³/mol. The van der Waals surface area contributed by atoms with Crippen LogP contribution in [0.15, 0.2) is 78.9 Å². The van der Waals surface area contributed by atoms with Crippen LogP contribution in [0.2, 0.25) is 10.0 Å². The summed E-state index contributed by atoms with van der Waals surface area (Å²) in [5, 5.41) is 9.31. The second kappa shape index (κ2) is 10.7. The topological polar surface area (TPSA) is 46.9 Å². The van der Waals surface area contributed by atoms with Gasteiger partial charge in [0.15, 0.2) is 5.69 Å². The molecular weight excluding hydrogens is 489 g/mol. The summed E-state index contributed by atoms with van der Waals surface area (Å²) in [6.45, 7) is 1.99. The van der Waals surface area contributed by atoms with Crippen molar-refractivity contribution in [2.45, 2.75) is 38.6 Å². The molecule has 0 fully saturated rings. The Hall–Kier alpha value is -3.34. The van der Waals surface area contributed by atoms with Gasteiger partial charge in [-0.2, -0.15) is 5.10 Å².